The van der Waals surface area contributed by atoms with Crippen LogP contribution in [0.25, 0.3) is 0 Å². The van der Waals surface area contributed by atoms with Gasteiger partial charge in [-0.15, -0.1) is 0 Å². The molecule has 0 aromatic rings. The van der Waals surface area contributed by atoms with E-state index in [1.165, 1.54) is 16.7 Å². The van der Waals surface area contributed by atoms with Gasteiger partial charge in [0.1, 0.15) is 10.9 Å². The van der Waals surface area contributed by atoms with Crippen molar-refractivity contribution < 1.29 is 14.7 Å². The molecule has 0 saturated carbocycles. The van der Waals surface area contributed by atoms with Gasteiger partial charge in [0.2, 0.25) is 11.8 Å². The van der Waals surface area contributed by atoms with E-state index in [1.54, 1.807) is 6.92 Å². The highest BCUT2D eigenvalue weighted by molar-refractivity contribution is 8.24. The number of carbonyl (C=O) groups excluding carboxylic acids is 2. The van der Waals surface area contributed by atoms with Gasteiger partial charge in [-0.05, 0) is 6.92 Å². The molecule has 15 heavy (non-hydrogen) atoms. The first-order chi connectivity index (χ1) is 7.06. The number of nitrogens with one attached hydrogen (secondary N) is 1. The van der Waals surface area contributed by atoms with Crippen molar-refractivity contribution in [1.82, 2.24) is 10.2 Å². The smallest absolute Gasteiger partial charge is 0.241 e. The first-order valence-corrected chi connectivity index (χ1v) is 5.74. The van der Waals surface area contributed by atoms with Crippen LogP contribution in [-0.4, -0.2) is 51.1 Å². The molecule has 1 fully saturated rings. The number of thiocarbonyl (C=S) groups is 1. The maximum atomic E-state index is 11.5. The van der Waals surface area contributed by atoms with Crippen LogP contribution < -0.4 is 5.32 Å². The predicted molar refractivity (Wildman–Crippen MR) is 61.5 cm³/mol. The van der Waals surface area contributed by atoms with Crippen molar-refractivity contribution in [3.05, 3.63) is 0 Å². The van der Waals surface area contributed by atoms with Crippen LogP contribution in [0.2, 0.25) is 0 Å². The molecule has 1 aliphatic heterocycles. The van der Waals surface area contributed by atoms with E-state index < -0.39 is 0 Å². The van der Waals surface area contributed by atoms with E-state index in [4.69, 9.17) is 17.3 Å². The molecule has 0 radical (unpaired) electrons. The summed E-state index contributed by atoms with van der Waals surface area (Å²) in [5.41, 5.74) is 0. The van der Waals surface area contributed by atoms with Crippen molar-refractivity contribution in [3.63, 3.8) is 0 Å². The molecule has 1 saturated heterocycles. The summed E-state index contributed by atoms with van der Waals surface area (Å²) < 4.78 is 0.437. The minimum atomic E-state index is -0.311. The van der Waals surface area contributed by atoms with Gasteiger partial charge in [-0.3, -0.25) is 14.5 Å². The monoisotopic (exact) mass is 248 g/mol. The normalized spacial score (nSPS) is 20.9. The molecule has 7 heteroatoms. The number of aliphatic hydroxyl groups excluding tert-OH is 1. The zero-order valence-corrected chi connectivity index (χ0v) is 9.86. The van der Waals surface area contributed by atoms with Crippen LogP contribution in [0.1, 0.15) is 6.92 Å². The summed E-state index contributed by atoms with van der Waals surface area (Å²) in [6, 6.07) is 0. The first-order valence-electron chi connectivity index (χ1n) is 4.46. The molecule has 0 aromatic heterocycles. The quantitative estimate of drug-likeness (QED) is 0.647. The van der Waals surface area contributed by atoms with E-state index in [9.17, 15) is 9.59 Å². The second kappa shape index (κ2) is 5.43. The van der Waals surface area contributed by atoms with Gasteiger partial charge in [-0.1, -0.05) is 24.0 Å². The lowest BCUT2D eigenvalue weighted by atomic mass is 10.4. The molecule has 1 unspecified atom stereocenters. The highest BCUT2D eigenvalue weighted by atomic mass is 32.2. The minimum Gasteiger partial charge on any atom is -0.395 e. The van der Waals surface area contributed by atoms with Gasteiger partial charge in [-0.25, -0.2) is 0 Å². The highest BCUT2D eigenvalue weighted by Gasteiger charge is 2.34. The van der Waals surface area contributed by atoms with Crippen molar-refractivity contribution in [2.24, 2.45) is 0 Å². The summed E-state index contributed by atoms with van der Waals surface area (Å²) in [5.74, 6) is -0.446. The Kier molecular flexibility index (Phi) is 4.49. The van der Waals surface area contributed by atoms with Crippen LogP contribution in [0, 0.1) is 0 Å². The Balaban J connectivity index is 2.47. The highest BCUT2D eigenvalue weighted by Crippen LogP contribution is 2.26. The molecule has 2 N–H and O–H groups in total. The lowest BCUT2D eigenvalue weighted by Gasteiger charge is -2.14. The summed E-state index contributed by atoms with van der Waals surface area (Å²) in [7, 11) is 0. The molecule has 0 aliphatic carbocycles. The van der Waals surface area contributed by atoms with Crippen molar-refractivity contribution in [2.75, 3.05) is 19.7 Å². The number of nitrogens with zero attached hydrogens (tertiary/aromatic N) is 1. The summed E-state index contributed by atoms with van der Waals surface area (Å²) in [5, 5.41) is 10.8. The fraction of sp³-hybridized carbons (Fsp3) is 0.625. The maximum absolute atomic E-state index is 11.5. The SMILES string of the molecule is CC1SC(=S)N(CC(=O)NCCO)C1=O. The molecule has 0 spiro atoms. The summed E-state index contributed by atoms with van der Waals surface area (Å²) in [6.07, 6.45) is 0. The molecular formula is C8H12N2O3S2. The second-order valence-corrected chi connectivity index (χ2v) is 5.00. The topological polar surface area (TPSA) is 69.6 Å². The zero-order chi connectivity index (χ0) is 11.4. The fourth-order valence-electron chi connectivity index (χ4n) is 1.11. The van der Waals surface area contributed by atoms with Crippen LogP contribution >= 0.6 is 24.0 Å². The Morgan fingerprint density at radius 3 is 2.87 bits per heavy atom. The molecular weight excluding hydrogens is 236 g/mol. The maximum Gasteiger partial charge on any atom is 0.241 e. The van der Waals surface area contributed by atoms with Crippen LogP contribution in [0.5, 0.6) is 0 Å². The number of aliphatic hydroxyl groups is 1. The minimum absolute atomic E-state index is 0.0605. The summed E-state index contributed by atoms with van der Waals surface area (Å²) >= 11 is 6.25. The van der Waals surface area contributed by atoms with Crippen LogP contribution in [0.15, 0.2) is 0 Å². The molecule has 0 aromatic carbocycles. The molecule has 84 valence electrons. The molecule has 2 amide bonds. The second-order valence-electron chi connectivity index (χ2n) is 3.02. The van der Waals surface area contributed by atoms with Crippen molar-refractivity contribution in [2.45, 2.75) is 12.2 Å². The van der Waals surface area contributed by atoms with Crippen LogP contribution in [0.4, 0.5) is 0 Å². The summed E-state index contributed by atoms with van der Waals surface area (Å²) in [6.45, 7) is 1.77. The van der Waals surface area contributed by atoms with Gasteiger partial charge in [0.15, 0.2) is 0 Å². The summed E-state index contributed by atoms with van der Waals surface area (Å²) in [4.78, 5) is 24.1. The number of amides is 2. The van der Waals surface area contributed by atoms with Crippen LogP contribution in [0.3, 0.4) is 0 Å². The average molecular weight is 248 g/mol. The van der Waals surface area contributed by atoms with Crippen molar-refractivity contribution >= 4 is 40.1 Å². The molecule has 1 heterocycles. The molecule has 5 nitrogen and oxygen atoms in total. The van der Waals surface area contributed by atoms with Gasteiger partial charge >= 0.3 is 0 Å². The van der Waals surface area contributed by atoms with E-state index in [2.05, 4.69) is 5.32 Å². The number of hydrogen-bond acceptors (Lipinski definition) is 5. The van der Waals surface area contributed by atoms with Crippen molar-refractivity contribution in [3.8, 4) is 0 Å². The Labute approximate surface area is 97.2 Å². The zero-order valence-electron chi connectivity index (χ0n) is 8.23. The number of rotatable bonds is 4. The number of hydrogen-bond donors (Lipinski definition) is 2. The Hall–Kier alpha value is -0.660. The number of thioether (sulfide) groups is 1. The Morgan fingerprint density at radius 1 is 1.73 bits per heavy atom. The average Bonchev–Trinajstić information content (AvgIpc) is 2.42. The van der Waals surface area contributed by atoms with Crippen molar-refractivity contribution in [1.29, 1.82) is 0 Å². The van der Waals surface area contributed by atoms with E-state index in [1.807, 2.05) is 0 Å². The van der Waals surface area contributed by atoms with E-state index in [0.717, 1.165) is 0 Å². The van der Waals surface area contributed by atoms with Gasteiger partial charge in [0.05, 0.1) is 11.9 Å². The number of carbonyl (C=O) groups is 2. The molecule has 1 atom stereocenters. The first kappa shape index (κ1) is 12.4. The van der Waals surface area contributed by atoms with E-state index >= 15 is 0 Å². The van der Waals surface area contributed by atoms with Gasteiger partial charge in [0.25, 0.3) is 0 Å². The third-order valence-corrected chi connectivity index (χ3v) is 3.33. The van der Waals surface area contributed by atoms with E-state index in [0.29, 0.717) is 4.32 Å². The lowest BCUT2D eigenvalue weighted by molar-refractivity contribution is -0.131. The van der Waals surface area contributed by atoms with Gasteiger partial charge in [0, 0.05) is 6.54 Å². The largest absolute Gasteiger partial charge is 0.395 e. The Bertz CT molecular complexity index is 296. The lowest BCUT2D eigenvalue weighted by Crippen LogP contribution is -2.41. The Morgan fingerprint density at radius 2 is 2.40 bits per heavy atom. The molecule has 1 rings (SSSR count). The molecule has 1 aliphatic rings. The molecule has 0 bridgehead atoms. The van der Waals surface area contributed by atoms with Crippen LogP contribution in [-0.2, 0) is 9.59 Å². The third kappa shape index (κ3) is 3.15. The fourth-order valence-corrected chi connectivity index (χ4v) is 2.51. The third-order valence-electron chi connectivity index (χ3n) is 1.85. The predicted octanol–water partition coefficient (Wildman–Crippen LogP) is -0.656. The standard InChI is InChI=1S/C8H12N2O3S2/c1-5-7(13)10(8(14)15-5)4-6(12)9-2-3-11/h5,11H,2-4H2,1H3,(H,9,12). The van der Waals surface area contributed by atoms with Gasteiger partial charge < -0.3 is 10.4 Å². The van der Waals surface area contributed by atoms with Gasteiger partial charge in [-0.2, -0.15) is 0 Å². The van der Waals surface area contributed by atoms with E-state index in [-0.39, 0.29) is 36.8 Å².